The molecule has 0 atom stereocenters. The van der Waals surface area contributed by atoms with Crippen LogP contribution in [-0.2, 0) is 6.54 Å². The lowest BCUT2D eigenvalue weighted by atomic mass is 10.2. The minimum atomic E-state index is -0.576. The minimum absolute atomic E-state index is 0.0735. The highest BCUT2D eigenvalue weighted by Gasteiger charge is 2.12. The van der Waals surface area contributed by atoms with Crippen LogP contribution in [0.5, 0.6) is 0 Å². The van der Waals surface area contributed by atoms with Crippen LogP contribution in [0.25, 0.3) is 0 Å². The van der Waals surface area contributed by atoms with E-state index in [1.54, 1.807) is 6.92 Å². The average molecular weight is 397 g/mol. The molecule has 6 heteroatoms. The van der Waals surface area contributed by atoms with Crippen molar-refractivity contribution in [2.75, 3.05) is 5.32 Å². The van der Waals surface area contributed by atoms with Gasteiger partial charge in [0.05, 0.1) is 3.79 Å². The van der Waals surface area contributed by atoms with Crippen molar-refractivity contribution in [2.45, 2.75) is 13.5 Å². The highest BCUT2D eigenvalue weighted by molar-refractivity contribution is 9.13. The molecule has 0 saturated carbocycles. The van der Waals surface area contributed by atoms with Crippen molar-refractivity contribution in [3.8, 4) is 0 Å². The summed E-state index contributed by atoms with van der Waals surface area (Å²) in [6.07, 6.45) is 0. The summed E-state index contributed by atoms with van der Waals surface area (Å²) in [5, 5.41) is 2.80. The lowest BCUT2D eigenvalue weighted by molar-refractivity contribution is 0.582. The second-order valence-electron chi connectivity index (χ2n) is 3.74. The molecule has 0 fully saturated rings. The summed E-state index contributed by atoms with van der Waals surface area (Å²) in [4.78, 5) is 0.981. The molecule has 0 aliphatic carbocycles. The van der Waals surface area contributed by atoms with Crippen LogP contribution in [0.3, 0.4) is 0 Å². The van der Waals surface area contributed by atoms with Gasteiger partial charge in [0, 0.05) is 15.9 Å². The van der Waals surface area contributed by atoms with Gasteiger partial charge >= 0.3 is 0 Å². The van der Waals surface area contributed by atoms with Crippen molar-refractivity contribution in [3.05, 3.63) is 48.5 Å². The van der Waals surface area contributed by atoms with Crippen LogP contribution in [0.2, 0.25) is 0 Å². The van der Waals surface area contributed by atoms with Gasteiger partial charge in [0.2, 0.25) is 0 Å². The predicted octanol–water partition coefficient (Wildman–Crippen LogP) is 5.47. The molecule has 0 unspecified atom stereocenters. The van der Waals surface area contributed by atoms with E-state index < -0.39 is 11.6 Å². The molecule has 0 spiro atoms. The van der Waals surface area contributed by atoms with E-state index in [1.165, 1.54) is 23.5 Å². The number of aryl methyl sites for hydroxylation is 1. The zero-order valence-electron chi connectivity index (χ0n) is 9.36. The van der Waals surface area contributed by atoms with Crippen molar-refractivity contribution in [2.24, 2.45) is 0 Å². The quantitative estimate of drug-likeness (QED) is 0.725. The predicted molar refractivity (Wildman–Crippen MR) is 78.1 cm³/mol. The summed E-state index contributed by atoms with van der Waals surface area (Å²) in [7, 11) is 0. The molecule has 0 amide bonds. The third kappa shape index (κ3) is 2.92. The van der Waals surface area contributed by atoms with E-state index in [-0.39, 0.29) is 5.69 Å². The number of thiophene rings is 1. The first-order valence-corrected chi connectivity index (χ1v) is 7.51. The second-order valence-corrected chi connectivity index (χ2v) is 7.05. The first kappa shape index (κ1) is 14.0. The number of hydrogen-bond acceptors (Lipinski definition) is 2. The summed E-state index contributed by atoms with van der Waals surface area (Å²) in [5.74, 6) is -1.11. The fourth-order valence-electron chi connectivity index (χ4n) is 1.47. The Morgan fingerprint density at radius 3 is 2.61 bits per heavy atom. The van der Waals surface area contributed by atoms with E-state index >= 15 is 0 Å². The van der Waals surface area contributed by atoms with Gasteiger partial charge in [0.15, 0.2) is 5.82 Å². The number of halogens is 4. The molecule has 0 aliphatic rings. The molecular formula is C12H9Br2F2NS. The highest BCUT2D eigenvalue weighted by Crippen LogP contribution is 2.33. The highest BCUT2D eigenvalue weighted by atomic mass is 79.9. The SMILES string of the molecule is Cc1ccc(F)c(NCc2cc(Br)c(Br)s2)c1F. The fraction of sp³-hybridized carbons (Fsp3) is 0.167. The van der Waals surface area contributed by atoms with Crippen molar-refractivity contribution in [1.82, 2.24) is 0 Å². The Kier molecular flexibility index (Phi) is 4.40. The van der Waals surface area contributed by atoms with Gasteiger partial charge < -0.3 is 5.32 Å². The number of anilines is 1. The average Bonchev–Trinajstić information content (AvgIpc) is 2.64. The van der Waals surface area contributed by atoms with Gasteiger partial charge in [-0.25, -0.2) is 8.78 Å². The van der Waals surface area contributed by atoms with Gasteiger partial charge in [0.1, 0.15) is 11.5 Å². The van der Waals surface area contributed by atoms with Crippen molar-refractivity contribution in [3.63, 3.8) is 0 Å². The van der Waals surface area contributed by atoms with E-state index in [9.17, 15) is 8.78 Å². The molecule has 0 radical (unpaired) electrons. The zero-order chi connectivity index (χ0) is 13.3. The van der Waals surface area contributed by atoms with Crippen LogP contribution in [0, 0.1) is 18.6 Å². The minimum Gasteiger partial charge on any atom is -0.375 e. The van der Waals surface area contributed by atoms with Gasteiger partial charge in [-0.15, -0.1) is 11.3 Å². The van der Waals surface area contributed by atoms with Crippen LogP contribution >= 0.6 is 43.2 Å². The lowest BCUT2D eigenvalue weighted by Gasteiger charge is -2.09. The van der Waals surface area contributed by atoms with E-state index in [0.717, 1.165) is 13.1 Å². The molecule has 2 aromatic rings. The fourth-order valence-corrected chi connectivity index (χ4v) is 3.59. The molecular weight excluding hydrogens is 388 g/mol. The number of hydrogen-bond donors (Lipinski definition) is 1. The Morgan fingerprint density at radius 2 is 2.00 bits per heavy atom. The Bertz CT molecular complexity index is 564. The van der Waals surface area contributed by atoms with Crippen LogP contribution < -0.4 is 5.32 Å². The van der Waals surface area contributed by atoms with Crippen molar-refractivity contribution in [1.29, 1.82) is 0 Å². The Morgan fingerprint density at radius 1 is 1.28 bits per heavy atom. The normalized spacial score (nSPS) is 10.7. The summed E-state index contributed by atoms with van der Waals surface area (Å²) in [6.45, 7) is 1.99. The Labute approximate surface area is 124 Å². The van der Waals surface area contributed by atoms with E-state index in [1.807, 2.05) is 6.07 Å². The molecule has 1 aromatic heterocycles. The number of benzene rings is 1. The molecule has 96 valence electrons. The molecule has 1 nitrogen and oxygen atoms in total. The van der Waals surface area contributed by atoms with E-state index in [2.05, 4.69) is 37.2 Å². The standard InChI is InChI=1S/C12H9Br2F2NS/c1-6-2-3-9(15)11(10(6)16)17-5-7-4-8(13)12(14)18-7/h2-4,17H,5H2,1H3. The van der Waals surface area contributed by atoms with Gasteiger partial charge in [0.25, 0.3) is 0 Å². The number of nitrogens with one attached hydrogen (secondary N) is 1. The van der Waals surface area contributed by atoms with Gasteiger partial charge in [-0.3, -0.25) is 0 Å². The zero-order valence-corrected chi connectivity index (χ0v) is 13.3. The number of rotatable bonds is 3. The van der Waals surface area contributed by atoms with Crippen LogP contribution in [0.1, 0.15) is 10.4 Å². The van der Waals surface area contributed by atoms with Crippen LogP contribution in [0.4, 0.5) is 14.5 Å². The summed E-state index contributed by atoms with van der Waals surface area (Å²) in [6, 6.07) is 4.60. The van der Waals surface area contributed by atoms with E-state index in [4.69, 9.17) is 0 Å². The Balaban J connectivity index is 2.18. The maximum Gasteiger partial charge on any atom is 0.152 e. The molecule has 18 heavy (non-hydrogen) atoms. The van der Waals surface area contributed by atoms with Crippen molar-refractivity contribution >= 4 is 48.9 Å². The molecule has 0 saturated heterocycles. The lowest BCUT2D eigenvalue weighted by Crippen LogP contribution is -2.03. The molecule has 1 N–H and O–H groups in total. The smallest absolute Gasteiger partial charge is 0.152 e. The van der Waals surface area contributed by atoms with Gasteiger partial charge in [-0.2, -0.15) is 0 Å². The maximum absolute atomic E-state index is 13.7. The third-order valence-electron chi connectivity index (χ3n) is 2.42. The Hall–Kier alpha value is -0.460. The van der Waals surface area contributed by atoms with Gasteiger partial charge in [-0.1, -0.05) is 6.07 Å². The van der Waals surface area contributed by atoms with E-state index in [0.29, 0.717) is 12.1 Å². The van der Waals surface area contributed by atoms with Crippen LogP contribution in [0.15, 0.2) is 26.5 Å². The summed E-state index contributed by atoms with van der Waals surface area (Å²) in [5.41, 5.74) is 0.350. The largest absolute Gasteiger partial charge is 0.375 e. The first-order chi connectivity index (χ1) is 8.49. The van der Waals surface area contributed by atoms with Gasteiger partial charge in [-0.05, 0) is 56.5 Å². The molecule has 1 heterocycles. The molecule has 0 bridgehead atoms. The topological polar surface area (TPSA) is 12.0 Å². The summed E-state index contributed by atoms with van der Waals surface area (Å²) < 4.78 is 29.1. The molecule has 2 rings (SSSR count). The van der Waals surface area contributed by atoms with Crippen molar-refractivity contribution < 1.29 is 8.78 Å². The molecule has 1 aromatic carbocycles. The first-order valence-electron chi connectivity index (χ1n) is 5.11. The van der Waals surface area contributed by atoms with Crippen LogP contribution in [-0.4, -0.2) is 0 Å². The molecule has 0 aliphatic heterocycles. The maximum atomic E-state index is 13.7. The second kappa shape index (κ2) is 5.67. The summed E-state index contributed by atoms with van der Waals surface area (Å²) >= 11 is 8.26. The third-order valence-corrected chi connectivity index (χ3v) is 5.68. The monoisotopic (exact) mass is 395 g/mol.